The summed E-state index contributed by atoms with van der Waals surface area (Å²) in [5, 5.41) is 3.27. The number of nitrogens with one attached hydrogen (secondary N) is 1. The lowest BCUT2D eigenvalue weighted by Gasteiger charge is -2.27. The number of likely N-dealkylation sites (N-methyl/N-ethyl adjacent to an activating group) is 1. The van der Waals surface area contributed by atoms with Crippen LogP contribution in [0.4, 0.5) is 5.69 Å². The van der Waals surface area contributed by atoms with Crippen molar-refractivity contribution in [2.75, 3.05) is 38.2 Å². The SMILES string of the molecule is CCN(CC1CCCO1)C(=O)c1cccc2c1OCCN2. The Morgan fingerprint density at radius 1 is 1.43 bits per heavy atom. The van der Waals surface area contributed by atoms with E-state index in [1.165, 1.54) is 0 Å². The van der Waals surface area contributed by atoms with Crippen LogP contribution in [-0.2, 0) is 4.74 Å². The Labute approximate surface area is 125 Å². The van der Waals surface area contributed by atoms with E-state index in [0.717, 1.165) is 31.7 Å². The largest absolute Gasteiger partial charge is 0.489 e. The van der Waals surface area contributed by atoms with E-state index in [1.807, 2.05) is 30.0 Å². The Bertz CT molecular complexity index is 512. The smallest absolute Gasteiger partial charge is 0.257 e. The van der Waals surface area contributed by atoms with E-state index in [1.54, 1.807) is 0 Å². The van der Waals surface area contributed by atoms with E-state index in [2.05, 4.69) is 5.32 Å². The van der Waals surface area contributed by atoms with Crippen LogP contribution in [0.1, 0.15) is 30.1 Å². The number of benzene rings is 1. The van der Waals surface area contributed by atoms with E-state index in [4.69, 9.17) is 9.47 Å². The Morgan fingerprint density at radius 3 is 3.10 bits per heavy atom. The summed E-state index contributed by atoms with van der Waals surface area (Å²) in [6.07, 6.45) is 2.30. The van der Waals surface area contributed by atoms with Crippen LogP contribution >= 0.6 is 0 Å². The number of amides is 1. The van der Waals surface area contributed by atoms with Crippen molar-refractivity contribution in [2.45, 2.75) is 25.9 Å². The summed E-state index contributed by atoms with van der Waals surface area (Å²) in [5.74, 6) is 0.702. The van der Waals surface area contributed by atoms with E-state index >= 15 is 0 Å². The molecular weight excluding hydrogens is 268 g/mol. The molecule has 1 saturated heterocycles. The van der Waals surface area contributed by atoms with Gasteiger partial charge in [-0.3, -0.25) is 4.79 Å². The molecule has 3 rings (SSSR count). The predicted octanol–water partition coefficient (Wildman–Crippen LogP) is 2.13. The van der Waals surface area contributed by atoms with Crippen molar-refractivity contribution in [1.29, 1.82) is 0 Å². The highest BCUT2D eigenvalue weighted by atomic mass is 16.5. The summed E-state index contributed by atoms with van der Waals surface area (Å²) in [6, 6.07) is 5.68. The fourth-order valence-corrected chi connectivity index (χ4v) is 2.90. The Balaban J connectivity index is 1.79. The molecule has 0 spiro atoms. The maximum absolute atomic E-state index is 12.8. The van der Waals surface area contributed by atoms with Gasteiger partial charge in [0.25, 0.3) is 5.91 Å². The van der Waals surface area contributed by atoms with Crippen LogP contribution in [0.5, 0.6) is 5.75 Å². The fourth-order valence-electron chi connectivity index (χ4n) is 2.90. The first-order chi connectivity index (χ1) is 10.3. The van der Waals surface area contributed by atoms with Crippen molar-refractivity contribution < 1.29 is 14.3 Å². The molecule has 5 nitrogen and oxygen atoms in total. The molecule has 21 heavy (non-hydrogen) atoms. The quantitative estimate of drug-likeness (QED) is 0.923. The van der Waals surface area contributed by atoms with Gasteiger partial charge in [0.05, 0.1) is 17.4 Å². The minimum absolute atomic E-state index is 0.0218. The van der Waals surface area contributed by atoms with Crippen LogP contribution in [0.25, 0.3) is 0 Å². The van der Waals surface area contributed by atoms with Crippen LogP contribution in [0, 0.1) is 0 Å². The number of carbonyl (C=O) groups excluding carboxylic acids is 1. The first-order valence-electron chi connectivity index (χ1n) is 7.70. The van der Waals surface area contributed by atoms with Crippen molar-refractivity contribution >= 4 is 11.6 Å². The number of hydrogen-bond acceptors (Lipinski definition) is 4. The molecule has 0 aromatic heterocycles. The third kappa shape index (κ3) is 2.97. The maximum atomic E-state index is 12.8. The minimum atomic E-state index is 0.0218. The standard InChI is InChI=1S/C16H22N2O3/c1-2-18(11-12-5-4-9-20-12)16(19)13-6-3-7-14-15(13)21-10-8-17-14/h3,6-7,12,17H,2,4-5,8-11H2,1H3. The monoisotopic (exact) mass is 290 g/mol. The van der Waals surface area contributed by atoms with Crippen molar-refractivity contribution in [1.82, 2.24) is 4.90 Å². The average molecular weight is 290 g/mol. The maximum Gasteiger partial charge on any atom is 0.257 e. The normalized spacial score (nSPS) is 20.3. The zero-order valence-electron chi connectivity index (χ0n) is 12.4. The molecule has 1 amide bonds. The number of hydrogen-bond donors (Lipinski definition) is 1. The molecule has 1 aromatic carbocycles. The van der Waals surface area contributed by atoms with Gasteiger partial charge in [0.1, 0.15) is 6.61 Å². The van der Waals surface area contributed by atoms with Crippen LogP contribution in [0.2, 0.25) is 0 Å². The van der Waals surface area contributed by atoms with E-state index in [-0.39, 0.29) is 12.0 Å². The summed E-state index contributed by atoms with van der Waals surface area (Å²) in [5.41, 5.74) is 1.54. The lowest BCUT2D eigenvalue weighted by molar-refractivity contribution is 0.0536. The molecule has 0 radical (unpaired) electrons. The highest BCUT2D eigenvalue weighted by Crippen LogP contribution is 2.32. The number of fused-ring (bicyclic) bond motifs is 1. The molecule has 0 bridgehead atoms. The van der Waals surface area contributed by atoms with Crippen molar-refractivity contribution in [3.8, 4) is 5.75 Å². The van der Waals surface area contributed by atoms with Gasteiger partial charge in [0.15, 0.2) is 5.75 Å². The highest BCUT2D eigenvalue weighted by Gasteiger charge is 2.26. The molecule has 1 unspecified atom stereocenters. The van der Waals surface area contributed by atoms with Crippen LogP contribution in [0.3, 0.4) is 0 Å². The third-order valence-electron chi connectivity index (χ3n) is 4.03. The number of ether oxygens (including phenoxy) is 2. The Kier molecular flexibility index (Phi) is 4.29. The van der Waals surface area contributed by atoms with Crippen LogP contribution < -0.4 is 10.1 Å². The predicted molar refractivity (Wildman–Crippen MR) is 81.0 cm³/mol. The number of para-hydroxylation sites is 1. The van der Waals surface area contributed by atoms with Gasteiger partial charge >= 0.3 is 0 Å². The van der Waals surface area contributed by atoms with Crippen molar-refractivity contribution in [2.24, 2.45) is 0 Å². The van der Waals surface area contributed by atoms with Gasteiger partial charge in [-0.25, -0.2) is 0 Å². The van der Waals surface area contributed by atoms with Crippen LogP contribution in [0.15, 0.2) is 18.2 Å². The van der Waals surface area contributed by atoms with Crippen molar-refractivity contribution in [3.05, 3.63) is 23.8 Å². The third-order valence-corrected chi connectivity index (χ3v) is 4.03. The summed E-state index contributed by atoms with van der Waals surface area (Å²) in [4.78, 5) is 14.6. The Morgan fingerprint density at radius 2 is 2.33 bits per heavy atom. The molecule has 0 saturated carbocycles. The van der Waals surface area contributed by atoms with Gasteiger partial charge in [-0.2, -0.15) is 0 Å². The van der Waals surface area contributed by atoms with Crippen LogP contribution in [-0.4, -0.2) is 49.8 Å². The molecule has 0 aliphatic carbocycles. The number of carbonyl (C=O) groups is 1. The van der Waals surface area contributed by atoms with Gasteiger partial charge in [0, 0.05) is 26.2 Å². The highest BCUT2D eigenvalue weighted by molar-refractivity contribution is 5.99. The molecule has 2 aliphatic heterocycles. The second-order valence-corrected chi connectivity index (χ2v) is 5.44. The molecule has 1 aromatic rings. The molecule has 114 valence electrons. The zero-order valence-corrected chi connectivity index (χ0v) is 12.4. The second kappa shape index (κ2) is 6.35. The van der Waals surface area contributed by atoms with Gasteiger partial charge in [-0.15, -0.1) is 0 Å². The first kappa shape index (κ1) is 14.2. The minimum Gasteiger partial charge on any atom is -0.489 e. The average Bonchev–Trinajstić information content (AvgIpc) is 3.04. The first-order valence-corrected chi connectivity index (χ1v) is 7.70. The topological polar surface area (TPSA) is 50.8 Å². The van der Waals surface area contributed by atoms with E-state index in [0.29, 0.717) is 31.0 Å². The molecule has 1 fully saturated rings. The Hall–Kier alpha value is -1.75. The molecular formula is C16H22N2O3. The molecule has 2 heterocycles. The summed E-state index contributed by atoms with van der Waals surface area (Å²) < 4.78 is 11.3. The van der Waals surface area contributed by atoms with E-state index < -0.39 is 0 Å². The second-order valence-electron chi connectivity index (χ2n) is 5.44. The molecule has 1 atom stereocenters. The lowest BCUT2D eigenvalue weighted by atomic mass is 10.1. The number of anilines is 1. The molecule has 1 N–H and O–H groups in total. The zero-order chi connectivity index (χ0) is 14.7. The van der Waals surface area contributed by atoms with Gasteiger partial charge < -0.3 is 19.7 Å². The summed E-state index contributed by atoms with van der Waals surface area (Å²) in [7, 11) is 0. The summed E-state index contributed by atoms with van der Waals surface area (Å²) >= 11 is 0. The lowest BCUT2D eigenvalue weighted by Crippen LogP contribution is -2.37. The number of nitrogens with zero attached hydrogens (tertiary/aromatic N) is 1. The van der Waals surface area contributed by atoms with Gasteiger partial charge in [-0.05, 0) is 31.9 Å². The van der Waals surface area contributed by atoms with Gasteiger partial charge in [-0.1, -0.05) is 6.07 Å². The van der Waals surface area contributed by atoms with E-state index in [9.17, 15) is 4.79 Å². The molecule has 2 aliphatic rings. The fraction of sp³-hybridized carbons (Fsp3) is 0.562. The molecule has 5 heteroatoms. The summed E-state index contributed by atoms with van der Waals surface area (Å²) in [6.45, 7) is 5.51. The van der Waals surface area contributed by atoms with Gasteiger partial charge in [0.2, 0.25) is 0 Å². The van der Waals surface area contributed by atoms with Crippen molar-refractivity contribution in [3.63, 3.8) is 0 Å². The number of rotatable bonds is 4.